The molecule has 0 amide bonds. The van der Waals surface area contributed by atoms with Crippen LogP contribution in [0.3, 0.4) is 0 Å². The van der Waals surface area contributed by atoms with Crippen LogP contribution >= 0.6 is 0 Å². The summed E-state index contributed by atoms with van der Waals surface area (Å²) in [5.41, 5.74) is 1.01. The Bertz CT molecular complexity index is 618. The van der Waals surface area contributed by atoms with Crippen molar-refractivity contribution in [2.45, 2.75) is 24.5 Å². The summed E-state index contributed by atoms with van der Waals surface area (Å²) < 4.78 is 6.97. The lowest BCUT2D eigenvalue weighted by atomic mass is 10.1. The summed E-state index contributed by atoms with van der Waals surface area (Å²) in [7, 11) is 1.72. The Labute approximate surface area is 113 Å². The standard InChI is InChI=1S/C11H15N5O4/c1-12-9-6-10(14-3-13-9)16(4-15-6)11-8(19)7(18)5(2-17)20-11/h3-5,7-8,11,17-19H,2H2,1H3,(H,12,13,14)/t5-,7?,8+,11-/m1/s1/i1+1. The molecule has 3 heterocycles. The average Bonchev–Trinajstić information content (AvgIpc) is 3.01. The molecule has 2 aromatic heterocycles. The lowest BCUT2D eigenvalue weighted by Crippen LogP contribution is -2.33. The minimum atomic E-state index is -1.17. The smallest absolute Gasteiger partial charge is 0.167 e. The first-order valence-electron chi connectivity index (χ1n) is 6.15. The highest BCUT2D eigenvalue weighted by molar-refractivity contribution is 5.82. The number of aliphatic hydroxyl groups is 3. The Morgan fingerprint density at radius 1 is 1.30 bits per heavy atom. The second kappa shape index (κ2) is 4.94. The van der Waals surface area contributed by atoms with E-state index in [2.05, 4.69) is 20.3 Å². The predicted molar refractivity (Wildman–Crippen MR) is 67.9 cm³/mol. The molecule has 0 saturated carbocycles. The minimum Gasteiger partial charge on any atom is -0.394 e. The van der Waals surface area contributed by atoms with Gasteiger partial charge < -0.3 is 25.4 Å². The number of hydrogen-bond acceptors (Lipinski definition) is 8. The largest absolute Gasteiger partial charge is 0.394 e. The molecule has 4 N–H and O–H groups in total. The third-order valence-corrected chi connectivity index (χ3v) is 3.39. The van der Waals surface area contributed by atoms with Gasteiger partial charge in [-0.1, -0.05) is 0 Å². The van der Waals surface area contributed by atoms with E-state index < -0.39 is 24.5 Å². The zero-order chi connectivity index (χ0) is 14.3. The highest BCUT2D eigenvalue weighted by Gasteiger charge is 2.43. The predicted octanol–water partition coefficient (Wildman–Crippen LogP) is -1.52. The molecule has 0 aromatic carbocycles. The van der Waals surface area contributed by atoms with E-state index >= 15 is 0 Å². The van der Waals surface area contributed by atoms with Gasteiger partial charge in [0, 0.05) is 7.05 Å². The summed E-state index contributed by atoms with van der Waals surface area (Å²) in [6.07, 6.45) is -1.19. The number of nitrogens with one attached hydrogen (secondary N) is 1. The summed E-state index contributed by atoms with van der Waals surface area (Å²) in [6.45, 7) is -0.377. The number of aliphatic hydroxyl groups excluding tert-OH is 3. The topological polar surface area (TPSA) is 126 Å². The number of fused-ring (bicyclic) bond motifs is 1. The van der Waals surface area contributed by atoms with Crippen LogP contribution in [0.4, 0.5) is 5.82 Å². The third kappa shape index (κ3) is 1.83. The van der Waals surface area contributed by atoms with Crippen LogP contribution in [0.25, 0.3) is 11.2 Å². The van der Waals surface area contributed by atoms with Crippen molar-refractivity contribution >= 4 is 17.0 Å². The molecule has 20 heavy (non-hydrogen) atoms. The Balaban J connectivity index is 2.03. The summed E-state index contributed by atoms with van der Waals surface area (Å²) >= 11 is 0. The Morgan fingerprint density at radius 2 is 2.10 bits per heavy atom. The van der Waals surface area contributed by atoms with Crippen molar-refractivity contribution < 1.29 is 20.1 Å². The number of rotatable bonds is 3. The van der Waals surface area contributed by atoms with Crippen LogP contribution in [0, 0.1) is 0 Å². The fourth-order valence-corrected chi connectivity index (χ4v) is 2.33. The normalized spacial score (nSPS) is 30.0. The number of aromatic nitrogens is 4. The molecule has 2 aromatic rings. The second-order valence-corrected chi connectivity index (χ2v) is 4.53. The van der Waals surface area contributed by atoms with Gasteiger partial charge in [0.05, 0.1) is 12.9 Å². The van der Waals surface area contributed by atoms with Crippen molar-refractivity contribution in [3.05, 3.63) is 12.7 Å². The second-order valence-electron chi connectivity index (χ2n) is 4.53. The maximum absolute atomic E-state index is 10.0. The molecule has 1 saturated heterocycles. The molecule has 9 heteroatoms. The first-order valence-corrected chi connectivity index (χ1v) is 6.15. The molecule has 3 rings (SSSR count). The Morgan fingerprint density at radius 3 is 2.75 bits per heavy atom. The molecule has 0 spiro atoms. The highest BCUT2D eigenvalue weighted by atomic mass is 16.6. The lowest BCUT2D eigenvalue weighted by molar-refractivity contribution is -0.0511. The van der Waals surface area contributed by atoms with Gasteiger partial charge in [-0.15, -0.1) is 0 Å². The molecular weight excluding hydrogens is 267 g/mol. The molecule has 0 aliphatic carbocycles. The fourth-order valence-electron chi connectivity index (χ4n) is 2.33. The number of anilines is 1. The van der Waals surface area contributed by atoms with E-state index in [1.54, 1.807) is 7.05 Å². The van der Waals surface area contributed by atoms with Gasteiger partial charge in [0.2, 0.25) is 0 Å². The van der Waals surface area contributed by atoms with Gasteiger partial charge in [-0.3, -0.25) is 4.57 Å². The van der Waals surface area contributed by atoms with Crippen LogP contribution in [0.1, 0.15) is 6.23 Å². The zero-order valence-electron chi connectivity index (χ0n) is 10.7. The van der Waals surface area contributed by atoms with Crippen LogP contribution in [0.5, 0.6) is 0 Å². The molecule has 1 unspecified atom stereocenters. The molecular formula is C11H15N5O4. The zero-order valence-corrected chi connectivity index (χ0v) is 10.7. The number of hydrogen-bond donors (Lipinski definition) is 4. The molecule has 108 valence electrons. The monoisotopic (exact) mass is 282 g/mol. The molecule has 0 bridgehead atoms. The Hall–Kier alpha value is -1.81. The molecule has 1 aliphatic heterocycles. The fraction of sp³-hybridized carbons (Fsp3) is 0.545. The number of nitrogens with zero attached hydrogens (tertiary/aromatic N) is 4. The quantitative estimate of drug-likeness (QED) is 0.500. The van der Waals surface area contributed by atoms with Gasteiger partial charge in [-0.2, -0.15) is 0 Å². The van der Waals surface area contributed by atoms with Crippen LogP contribution in [-0.2, 0) is 4.74 Å². The maximum Gasteiger partial charge on any atom is 0.167 e. The molecule has 4 atom stereocenters. The van der Waals surface area contributed by atoms with E-state index in [-0.39, 0.29) is 6.61 Å². The van der Waals surface area contributed by atoms with Crippen LogP contribution < -0.4 is 5.32 Å². The van der Waals surface area contributed by atoms with E-state index in [9.17, 15) is 10.2 Å². The number of imidazole rings is 1. The average molecular weight is 282 g/mol. The van der Waals surface area contributed by atoms with E-state index in [0.29, 0.717) is 17.0 Å². The summed E-state index contributed by atoms with van der Waals surface area (Å²) in [5.74, 6) is 0.556. The van der Waals surface area contributed by atoms with Crippen molar-refractivity contribution in [3.8, 4) is 0 Å². The minimum absolute atomic E-state index is 0.377. The molecule has 1 aliphatic rings. The molecule has 0 radical (unpaired) electrons. The van der Waals surface area contributed by atoms with E-state index in [1.807, 2.05) is 0 Å². The molecule has 1 fully saturated rings. The van der Waals surface area contributed by atoms with Crippen molar-refractivity contribution in [1.29, 1.82) is 0 Å². The van der Waals surface area contributed by atoms with Gasteiger partial charge in [-0.05, 0) is 0 Å². The molecule has 9 nitrogen and oxygen atoms in total. The van der Waals surface area contributed by atoms with Gasteiger partial charge in [-0.25, -0.2) is 15.0 Å². The van der Waals surface area contributed by atoms with Gasteiger partial charge >= 0.3 is 0 Å². The Kier molecular flexibility index (Phi) is 3.26. The number of ether oxygens (including phenoxy) is 1. The van der Waals surface area contributed by atoms with Crippen molar-refractivity contribution in [3.63, 3.8) is 0 Å². The van der Waals surface area contributed by atoms with Gasteiger partial charge in [0.1, 0.15) is 30.2 Å². The summed E-state index contributed by atoms with van der Waals surface area (Å²) in [5, 5.41) is 31.8. The van der Waals surface area contributed by atoms with Crippen LogP contribution in [0.15, 0.2) is 12.7 Å². The highest BCUT2D eigenvalue weighted by Crippen LogP contribution is 2.31. The van der Waals surface area contributed by atoms with Crippen molar-refractivity contribution in [1.82, 2.24) is 19.5 Å². The van der Waals surface area contributed by atoms with E-state index in [4.69, 9.17) is 9.84 Å². The SMILES string of the molecule is [13CH3]Nc1ncnc2c1ncn2[C@@H]1O[C@H](CO)C(O)[C@@H]1O. The van der Waals surface area contributed by atoms with Crippen LogP contribution in [-0.4, -0.2) is 66.8 Å². The van der Waals surface area contributed by atoms with E-state index in [1.165, 1.54) is 17.2 Å². The summed E-state index contributed by atoms with van der Waals surface area (Å²) in [4.78, 5) is 12.3. The first kappa shape index (κ1) is 13.2. The van der Waals surface area contributed by atoms with E-state index in [0.717, 1.165) is 0 Å². The summed E-state index contributed by atoms with van der Waals surface area (Å²) in [6, 6.07) is 0. The third-order valence-electron chi connectivity index (χ3n) is 3.39. The van der Waals surface area contributed by atoms with Crippen molar-refractivity contribution in [2.24, 2.45) is 0 Å². The maximum atomic E-state index is 10.0. The van der Waals surface area contributed by atoms with Crippen LogP contribution in [0.2, 0.25) is 0 Å². The lowest BCUT2D eigenvalue weighted by Gasteiger charge is -2.16. The first-order chi connectivity index (χ1) is 9.67. The van der Waals surface area contributed by atoms with Gasteiger partial charge in [0.15, 0.2) is 17.7 Å². The van der Waals surface area contributed by atoms with Gasteiger partial charge in [0.25, 0.3) is 0 Å². The van der Waals surface area contributed by atoms with Crippen molar-refractivity contribution in [2.75, 3.05) is 19.0 Å².